The molecular weight excluding hydrogens is 230 g/mol. The van der Waals surface area contributed by atoms with Crippen molar-refractivity contribution in [3.05, 3.63) is 29.8 Å². The highest BCUT2D eigenvalue weighted by atomic mass is 32.2. The zero-order valence-electron chi connectivity index (χ0n) is 9.06. The van der Waals surface area contributed by atoms with Gasteiger partial charge in [-0.25, -0.2) is 8.42 Å². The fraction of sp³-hybridized carbons (Fsp3) is 0.300. The first-order valence-corrected chi connectivity index (χ1v) is 6.07. The van der Waals surface area contributed by atoms with Crippen molar-refractivity contribution >= 4 is 15.8 Å². The lowest BCUT2D eigenvalue weighted by molar-refractivity contribution is -0.116. The van der Waals surface area contributed by atoms with Crippen LogP contribution in [0.15, 0.2) is 29.2 Å². The molecule has 6 heteroatoms. The summed E-state index contributed by atoms with van der Waals surface area (Å²) in [4.78, 5) is 17.2. The first-order valence-electron chi connectivity index (χ1n) is 4.59. The van der Waals surface area contributed by atoms with E-state index in [1.165, 1.54) is 26.2 Å². The van der Waals surface area contributed by atoms with Crippen molar-refractivity contribution in [3.8, 4) is 0 Å². The minimum atomic E-state index is -3.61. The maximum Gasteiger partial charge on any atom is 0.262 e. The van der Waals surface area contributed by atoms with Crippen LogP contribution in [-0.4, -0.2) is 21.3 Å². The van der Waals surface area contributed by atoms with Crippen LogP contribution in [0.5, 0.6) is 0 Å². The van der Waals surface area contributed by atoms with E-state index < -0.39 is 10.0 Å². The van der Waals surface area contributed by atoms with Crippen LogP contribution < -0.4 is 4.89 Å². The molecule has 0 bridgehead atoms. The Morgan fingerprint density at radius 1 is 1.31 bits per heavy atom. The number of Topliss-reactive ketones (excluding diaryl/α,β-unsaturated/α-hetero) is 1. The second-order valence-electron chi connectivity index (χ2n) is 3.31. The van der Waals surface area contributed by atoms with E-state index in [4.69, 9.17) is 0 Å². The average molecular weight is 243 g/mol. The SMILES string of the molecule is CONS(=O)(=O)c1ccc(CC(C)=O)cc1. The summed E-state index contributed by atoms with van der Waals surface area (Å²) in [5, 5.41) is 0. The van der Waals surface area contributed by atoms with Crippen LogP contribution in [0.2, 0.25) is 0 Å². The zero-order chi connectivity index (χ0) is 12.2. The van der Waals surface area contributed by atoms with Gasteiger partial charge in [0, 0.05) is 6.42 Å². The molecule has 0 amide bonds. The molecule has 0 saturated carbocycles. The Labute approximate surface area is 94.4 Å². The van der Waals surface area contributed by atoms with Gasteiger partial charge in [-0.3, -0.25) is 9.63 Å². The van der Waals surface area contributed by atoms with Crippen molar-refractivity contribution in [2.45, 2.75) is 18.2 Å². The van der Waals surface area contributed by atoms with Crippen LogP contribution in [0, 0.1) is 0 Å². The average Bonchev–Trinajstić information content (AvgIpc) is 2.17. The Bertz CT molecular complexity index is 464. The molecule has 0 unspecified atom stereocenters. The van der Waals surface area contributed by atoms with Gasteiger partial charge < -0.3 is 0 Å². The summed E-state index contributed by atoms with van der Waals surface area (Å²) in [7, 11) is -2.39. The summed E-state index contributed by atoms with van der Waals surface area (Å²) in [6.07, 6.45) is 0.304. The van der Waals surface area contributed by atoms with Gasteiger partial charge in [-0.05, 0) is 24.6 Å². The highest BCUT2D eigenvalue weighted by Crippen LogP contribution is 2.10. The number of sulfonamides is 1. The number of hydrogen-bond donors (Lipinski definition) is 1. The molecule has 1 N–H and O–H groups in total. The second kappa shape index (κ2) is 5.20. The third-order valence-electron chi connectivity index (χ3n) is 1.88. The van der Waals surface area contributed by atoms with E-state index in [2.05, 4.69) is 4.84 Å². The molecule has 0 aromatic heterocycles. The first-order chi connectivity index (χ1) is 7.45. The summed E-state index contributed by atoms with van der Waals surface area (Å²) in [6, 6.07) is 6.07. The molecule has 0 atom stereocenters. The summed E-state index contributed by atoms with van der Waals surface area (Å²) in [5.41, 5.74) is 0.781. The van der Waals surface area contributed by atoms with Gasteiger partial charge in [0.05, 0.1) is 12.0 Å². The van der Waals surface area contributed by atoms with Crippen LogP contribution in [0.4, 0.5) is 0 Å². The monoisotopic (exact) mass is 243 g/mol. The van der Waals surface area contributed by atoms with E-state index in [-0.39, 0.29) is 10.7 Å². The molecule has 16 heavy (non-hydrogen) atoms. The first kappa shape index (κ1) is 12.8. The molecule has 5 nitrogen and oxygen atoms in total. The molecule has 0 fully saturated rings. The van der Waals surface area contributed by atoms with E-state index in [1.807, 2.05) is 4.89 Å². The third kappa shape index (κ3) is 3.41. The van der Waals surface area contributed by atoms with E-state index in [0.717, 1.165) is 5.56 Å². The number of nitrogens with one attached hydrogen (secondary N) is 1. The van der Waals surface area contributed by atoms with Crippen molar-refractivity contribution < 1.29 is 18.0 Å². The lowest BCUT2D eigenvalue weighted by Crippen LogP contribution is -2.22. The van der Waals surface area contributed by atoms with Crippen LogP contribution in [0.3, 0.4) is 0 Å². The Morgan fingerprint density at radius 3 is 2.31 bits per heavy atom. The zero-order valence-corrected chi connectivity index (χ0v) is 9.87. The Hall–Kier alpha value is -1.24. The molecule has 0 aliphatic rings. The molecule has 0 saturated heterocycles. The van der Waals surface area contributed by atoms with E-state index >= 15 is 0 Å². The van der Waals surface area contributed by atoms with Crippen LogP contribution >= 0.6 is 0 Å². The molecule has 0 radical (unpaired) electrons. The molecule has 1 aromatic rings. The van der Waals surface area contributed by atoms with E-state index in [9.17, 15) is 13.2 Å². The molecule has 88 valence electrons. The lowest BCUT2D eigenvalue weighted by Gasteiger charge is -2.04. The summed E-state index contributed by atoms with van der Waals surface area (Å²) in [6.45, 7) is 1.48. The third-order valence-corrected chi connectivity index (χ3v) is 3.16. The molecule has 1 aromatic carbocycles. The van der Waals surface area contributed by atoms with Gasteiger partial charge >= 0.3 is 0 Å². The molecule has 0 aliphatic carbocycles. The summed E-state index contributed by atoms with van der Waals surface area (Å²) >= 11 is 0. The van der Waals surface area contributed by atoms with Crippen molar-refractivity contribution in [2.75, 3.05) is 7.11 Å². The number of benzene rings is 1. The molecule has 0 aliphatic heterocycles. The highest BCUT2D eigenvalue weighted by Gasteiger charge is 2.12. The summed E-state index contributed by atoms with van der Waals surface area (Å²) < 4.78 is 22.9. The predicted molar refractivity (Wildman–Crippen MR) is 58.2 cm³/mol. The van der Waals surface area contributed by atoms with Crippen LogP contribution in [0.25, 0.3) is 0 Å². The number of carbonyl (C=O) groups excluding carboxylic acids is 1. The molecule has 0 heterocycles. The number of rotatable bonds is 5. The summed E-state index contributed by atoms with van der Waals surface area (Å²) in [5.74, 6) is 0.0330. The van der Waals surface area contributed by atoms with Gasteiger partial charge in [-0.15, -0.1) is 0 Å². The van der Waals surface area contributed by atoms with E-state index in [0.29, 0.717) is 6.42 Å². The minimum absolute atomic E-state index is 0.0330. The Morgan fingerprint density at radius 2 is 1.88 bits per heavy atom. The van der Waals surface area contributed by atoms with Gasteiger partial charge in [0.1, 0.15) is 5.78 Å². The standard InChI is InChI=1S/C10H13NO4S/c1-8(12)7-9-3-5-10(6-4-9)16(13,14)11-15-2/h3-6,11H,7H2,1-2H3. The lowest BCUT2D eigenvalue weighted by atomic mass is 10.1. The predicted octanol–water partition coefficient (Wildman–Crippen LogP) is 0.658. The smallest absolute Gasteiger partial charge is 0.262 e. The van der Waals surface area contributed by atoms with Crippen molar-refractivity contribution in [1.29, 1.82) is 0 Å². The van der Waals surface area contributed by atoms with Gasteiger partial charge in [0.2, 0.25) is 0 Å². The molecule has 1 rings (SSSR count). The highest BCUT2D eigenvalue weighted by molar-refractivity contribution is 7.89. The number of carbonyl (C=O) groups is 1. The quantitative estimate of drug-likeness (QED) is 0.771. The normalized spacial score (nSPS) is 11.4. The Balaban J connectivity index is 2.91. The molecular formula is C10H13NO4S. The van der Waals surface area contributed by atoms with Crippen molar-refractivity contribution in [3.63, 3.8) is 0 Å². The van der Waals surface area contributed by atoms with Gasteiger partial charge in [-0.2, -0.15) is 0 Å². The minimum Gasteiger partial charge on any atom is -0.300 e. The maximum atomic E-state index is 11.5. The fourth-order valence-electron chi connectivity index (χ4n) is 1.23. The van der Waals surface area contributed by atoms with Crippen molar-refractivity contribution in [2.24, 2.45) is 0 Å². The van der Waals surface area contributed by atoms with Gasteiger partial charge in [0.25, 0.3) is 10.0 Å². The molecule has 0 spiro atoms. The maximum absolute atomic E-state index is 11.5. The second-order valence-corrected chi connectivity index (χ2v) is 4.96. The Kier molecular flexibility index (Phi) is 4.17. The number of ketones is 1. The largest absolute Gasteiger partial charge is 0.300 e. The van der Waals surface area contributed by atoms with Gasteiger partial charge in [0.15, 0.2) is 0 Å². The fourth-order valence-corrected chi connectivity index (χ4v) is 2.04. The van der Waals surface area contributed by atoms with Crippen LogP contribution in [-0.2, 0) is 26.1 Å². The van der Waals surface area contributed by atoms with E-state index in [1.54, 1.807) is 12.1 Å². The topological polar surface area (TPSA) is 72.5 Å². The van der Waals surface area contributed by atoms with Crippen LogP contribution in [0.1, 0.15) is 12.5 Å². The number of hydrogen-bond acceptors (Lipinski definition) is 4. The van der Waals surface area contributed by atoms with Gasteiger partial charge in [-0.1, -0.05) is 17.0 Å². The van der Waals surface area contributed by atoms with Crippen molar-refractivity contribution in [1.82, 2.24) is 4.89 Å².